The molecule has 2 fully saturated rings. The SMILES string of the molecule is CCCCCCC/C=C\C/C=C\CCCCCCCCCCCCCCCCCCCCCCCCCCCC(=O)NC(COC1OC(CO)C(OC2OC(CO)C(O)C(O)C2O)C(O)C1O)C(O)CCCCCCCCCCCCCCCCCCCCCCCCC. The van der Waals surface area contributed by atoms with Gasteiger partial charge in [-0.1, -0.05) is 359 Å². The minimum atomic E-state index is -1.78. The second-order valence-corrected chi connectivity index (χ2v) is 28.9. The van der Waals surface area contributed by atoms with Crippen molar-refractivity contribution in [1.82, 2.24) is 5.32 Å². The highest BCUT2D eigenvalue weighted by molar-refractivity contribution is 5.76. The third kappa shape index (κ3) is 47.5. The average Bonchev–Trinajstić information content (AvgIpc) is 0.794. The number of allylic oxidation sites excluding steroid dienone is 4. The lowest BCUT2D eigenvalue weighted by atomic mass is 9.97. The van der Waals surface area contributed by atoms with E-state index in [-0.39, 0.29) is 12.5 Å². The molecule has 12 atom stereocenters. The van der Waals surface area contributed by atoms with E-state index in [9.17, 15) is 45.6 Å². The fourth-order valence-corrected chi connectivity index (χ4v) is 13.7. The summed E-state index contributed by atoms with van der Waals surface area (Å²) in [6.07, 6.45) is 66.5. The average molecular weight is 1340 g/mol. The van der Waals surface area contributed by atoms with E-state index in [4.69, 9.17) is 18.9 Å². The number of carbonyl (C=O) groups is 1. The fourth-order valence-electron chi connectivity index (χ4n) is 13.7. The molecule has 0 saturated carbocycles. The molecule has 0 radical (unpaired) electrons. The van der Waals surface area contributed by atoms with Gasteiger partial charge in [0.15, 0.2) is 12.6 Å². The van der Waals surface area contributed by atoms with Crippen molar-refractivity contribution in [2.75, 3.05) is 19.8 Å². The number of hydrogen-bond donors (Lipinski definition) is 9. The minimum Gasteiger partial charge on any atom is -0.394 e. The normalized spacial score (nSPS) is 22.5. The molecule has 2 saturated heterocycles. The molecular weight excluding hydrogens is 1180 g/mol. The molecule has 1 amide bonds. The second-order valence-electron chi connectivity index (χ2n) is 28.9. The fraction of sp³-hybridized carbons (Fsp3) is 0.938. The maximum Gasteiger partial charge on any atom is 0.220 e. The van der Waals surface area contributed by atoms with Gasteiger partial charge in [-0.3, -0.25) is 4.79 Å². The number of unbranched alkanes of at least 4 members (excludes halogenated alkanes) is 52. The molecule has 14 heteroatoms. The van der Waals surface area contributed by atoms with E-state index in [1.54, 1.807) is 0 Å². The monoisotopic (exact) mass is 1340 g/mol. The van der Waals surface area contributed by atoms with Gasteiger partial charge in [-0.15, -0.1) is 0 Å². The summed E-state index contributed by atoms with van der Waals surface area (Å²) in [5.74, 6) is -0.197. The summed E-state index contributed by atoms with van der Waals surface area (Å²) in [5, 5.41) is 87.8. The first-order valence-electron chi connectivity index (χ1n) is 40.6. The lowest BCUT2D eigenvalue weighted by Crippen LogP contribution is -2.65. The van der Waals surface area contributed by atoms with Gasteiger partial charge in [-0.25, -0.2) is 0 Å². The molecule has 0 aliphatic carbocycles. The molecule has 556 valence electrons. The van der Waals surface area contributed by atoms with Gasteiger partial charge >= 0.3 is 0 Å². The van der Waals surface area contributed by atoms with Gasteiger partial charge in [0.05, 0.1) is 32.0 Å². The van der Waals surface area contributed by atoms with Crippen LogP contribution in [0.25, 0.3) is 0 Å². The van der Waals surface area contributed by atoms with Gasteiger partial charge in [0.25, 0.3) is 0 Å². The predicted molar refractivity (Wildman–Crippen MR) is 388 cm³/mol. The van der Waals surface area contributed by atoms with Crippen LogP contribution in [0.15, 0.2) is 24.3 Å². The molecule has 14 nitrogen and oxygen atoms in total. The number of amides is 1. The Morgan fingerprint density at radius 1 is 0.383 bits per heavy atom. The zero-order valence-electron chi connectivity index (χ0n) is 61.0. The van der Waals surface area contributed by atoms with Crippen molar-refractivity contribution in [1.29, 1.82) is 0 Å². The van der Waals surface area contributed by atoms with Crippen molar-refractivity contribution in [3.63, 3.8) is 0 Å². The quantitative estimate of drug-likeness (QED) is 0.0204. The molecule has 0 aromatic heterocycles. The first-order chi connectivity index (χ1) is 46.1. The maximum atomic E-state index is 13.4. The summed E-state index contributed by atoms with van der Waals surface area (Å²) in [7, 11) is 0. The van der Waals surface area contributed by atoms with Gasteiger partial charge in [0, 0.05) is 6.42 Å². The maximum absolute atomic E-state index is 13.4. The van der Waals surface area contributed by atoms with Crippen molar-refractivity contribution in [2.45, 2.75) is 460 Å². The summed E-state index contributed by atoms with van der Waals surface area (Å²) in [5.41, 5.74) is 0. The highest BCUT2D eigenvalue weighted by Gasteiger charge is 2.51. The van der Waals surface area contributed by atoms with Crippen molar-refractivity contribution >= 4 is 5.91 Å². The number of aliphatic hydroxyl groups excluding tert-OH is 8. The van der Waals surface area contributed by atoms with Crippen LogP contribution in [-0.4, -0.2) is 140 Å². The van der Waals surface area contributed by atoms with Crippen LogP contribution in [0.3, 0.4) is 0 Å². The molecule has 94 heavy (non-hydrogen) atoms. The van der Waals surface area contributed by atoms with Crippen molar-refractivity contribution in [2.24, 2.45) is 0 Å². The number of aliphatic hydroxyl groups is 8. The third-order valence-electron chi connectivity index (χ3n) is 20.2. The van der Waals surface area contributed by atoms with Crippen LogP contribution in [-0.2, 0) is 23.7 Å². The second kappa shape index (κ2) is 64.8. The van der Waals surface area contributed by atoms with Gasteiger partial charge in [0.1, 0.15) is 48.8 Å². The number of carbonyl (C=O) groups excluding carboxylic acids is 1. The molecule has 9 N–H and O–H groups in total. The Labute approximate surface area is 577 Å². The summed E-state index contributed by atoms with van der Waals surface area (Å²) >= 11 is 0. The van der Waals surface area contributed by atoms with E-state index in [2.05, 4.69) is 43.5 Å². The van der Waals surface area contributed by atoms with E-state index in [0.717, 1.165) is 57.8 Å². The van der Waals surface area contributed by atoms with Crippen LogP contribution in [0.1, 0.15) is 386 Å². The molecule has 0 spiro atoms. The van der Waals surface area contributed by atoms with Crippen LogP contribution in [0.2, 0.25) is 0 Å². The highest BCUT2D eigenvalue weighted by atomic mass is 16.7. The highest BCUT2D eigenvalue weighted by Crippen LogP contribution is 2.30. The van der Waals surface area contributed by atoms with Crippen molar-refractivity contribution < 1.29 is 64.6 Å². The smallest absolute Gasteiger partial charge is 0.220 e. The Kier molecular flexibility index (Phi) is 61.1. The molecule has 0 aromatic carbocycles. The van der Waals surface area contributed by atoms with Crippen LogP contribution in [0.4, 0.5) is 0 Å². The first kappa shape index (κ1) is 88.6. The molecule has 2 rings (SSSR count). The zero-order valence-corrected chi connectivity index (χ0v) is 61.0. The summed E-state index contributed by atoms with van der Waals surface area (Å²) in [4.78, 5) is 13.4. The van der Waals surface area contributed by atoms with Gasteiger partial charge in [0.2, 0.25) is 5.91 Å². The summed E-state index contributed by atoms with van der Waals surface area (Å²) in [6, 6.07) is -0.827. The molecule has 2 aliphatic rings. The molecule has 2 heterocycles. The molecule has 0 aromatic rings. The van der Waals surface area contributed by atoms with Crippen LogP contribution in [0.5, 0.6) is 0 Å². The van der Waals surface area contributed by atoms with Crippen LogP contribution >= 0.6 is 0 Å². The molecule has 2 aliphatic heterocycles. The van der Waals surface area contributed by atoms with E-state index in [1.807, 2.05) is 0 Å². The van der Waals surface area contributed by atoms with E-state index in [0.29, 0.717) is 12.8 Å². The predicted octanol–water partition coefficient (Wildman–Crippen LogP) is 18.3. The van der Waals surface area contributed by atoms with Crippen molar-refractivity contribution in [3.8, 4) is 0 Å². The minimum absolute atomic E-state index is 0.197. The first-order valence-corrected chi connectivity index (χ1v) is 40.6. The zero-order chi connectivity index (χ0) is 68.0. The Hall–Kier alpha value is -1.53. The molecule has 0 bridgehead atoms. The van der Waals surface area contributed by atoms with Crippen LogP contribution in [0, 0.1) is 0 Å². The molecular formula is C80H153NO13. The Bertz CT molecular complexity index is 1670. The van der Waals surface area contributed by atoms with E-state index >= 15 is 0 Å². The summed E-state index contributed by atoms with van der Waals surface area (Å²) in [6.45, 7) is 2.92. The van der Waals surface area contributed by atoms with Gasteiger partial charge in [-0.05, 0) is 44.9 Å². The number of rotatable bonds is 69. The van der Waals surface area contributed by atoms with E-state index in [1.165, 1.54) is 302 Å². The topological polar surface area (TPSA) is 228 Å². The van der Waals surface area contributed by atoms with Crippen LogP contribution < -0.4 is 5.32 Å². The largest absolute Gasteiger partial charge is 0.394 e. The standard InChI is InChI=1S/C80H153NO13/c1-3-5-7-9-11-13-15-17-19-21-23-25-27-28-29-30-31-32-33-34-35-36-37-38-39-40-42-44-46-48-50-52-54-56-58-60-62-64-72(85)81-68(67-91-79-77(90)75(88)78(71(66-83)93-79)94-80-76(89)74(87)73(86)70(65-82)92-80)69(84)63-61-59-57-55-53-51-49-47-45-43-41-26-24-22-20-18-16-14-12-10-8-6-4-2/h15,17,21,23,68-71,73-80,82-84,86-90H,3-14,16,18-20,22,24-67H2,1-2H3,(H,81,85)/b17-15-,23-21-. The molecule has 12 unspecified atom stereocenters. The number of nitrogens with one attached hydrogen (secondary N) is 1. The Morgan fingerprint density at radius 3 is 1.06 bits per heavy atom. The van der Waals surface area contributed by atoms with Gasteiger partial charge < -0.3 is 65.1 Å². The van der Waals surface area contributed by atoms with E-state index < -0.39 is 86.8 Å². The third-order valence-corrected chi connectivity index (χ3v) is 20.2. The van der Waals surface area contributed by atoms with Gasteiger partial charge in [-0.2, -0.15) is 0 Å². The summed E-state index contributed by atoms with van der Waals surface area (Å²) < 4.78 is 23.0. The Morgan fingerprint density at radius 2 is 0.702 bits per heavy atom. The number of ether oxygens (including phenoxy) is 4. The van der Waals surface area contributed by atoms with Crippen molar-refractivity contribution in [3.05, 3.63) is 24.3 Å². The lowest BCUT2D eigenvalue weighted by Gasteiger charge is -2.46. The lowest BCUT2D eigenvalue weighted by molar-refractivity contribution is -0.359. The Balaban J connectivity index is 1.57. The number of hydrogen-bond acceptors (Lipinski definition) is 13.